The quantitative estimate of drug-likeness (QED) is 0.825. The molecule has 0 saturated heterocycles. The van der Waals surface area contributed by atoms with Crippen LogP contribution in [-0.4, -0.2) is 26.8 Å². The first-order chi connectivity index (χ1) is 10.4. The average molecular weight is 357 g/mol. The van der Waals surface area contributed by atoms with Crippen molar-refractivity contribution < 1.29 is 0 Å². The van der Waals surface area contributed by atoms with Crippen molar-refractivity contribution in [3.63, 3.8) is 0 Å². The van der Waals surface area contributed by atoms with Gasteiger partial charge in [0.25, 0.3) is 0 Å². The van der Waals surface area contributed by atoms with Crippen molar-refractivity contribution in [3.8, 4) is 0 Å². The van der Waals surface area contributed by atoms with Gasteiger partial charge in [-0.1, -0.05) is 23.2 Å². The van der Waals surface area contributed by atoms with Crippen molar-refractivity contribution in [3.05, 3.63) is 45.7 Å². The summed E-state index contributed by atoms with van der Waals surface area (Å²) in [5.74, 6) is 0. The Balaban J connectivity index is 2.04. The van der Waals surface area contributed by atoms with Crippen LogP contribution in [-0.2, 0) is 13.1 Å². The van der Waals surface area contributed by atoms with Gasteiger partial charge in [0.1, 0.15) is 0 Å². The zero-order valence-electron chi connectivity index (χ0n) is 12.7. The summed E-state index contributed by atoms with van der Waals surface area (Å²) >= 11 is 17.5. The van der Waals surface area contributed by atoms with Crippen LogP contribution in [0.25, 0.3) is 0 Å². The van der Waals surface area contributed by atoms with E-state index in [-0.39, 0.29) is 0 Å². The summed E-state index contributed by atoms with van der Waals surface area (Å²) in [4.78, 5) is 1.95. The molecule has 0 aliphatic carbocycles. The highest BCUT2D eigenvalue weighted by atomic mass is 35.5. The maximum absolute atomic E-state index is 6.15. The molecule has 1 aromatic heterocycles. The van der Waals surface area contributed by atoms with E-state index in [1.165, 1.54) is 0 Å². The summed E-state index contributed by atoms with van der Waals surface area (Å²) in [5, 5.41) is 9.30. The number of anilines is 1. The molecular weight excluding hydrogens is 339 g/mol. The number of halogens is 2. The van der Waals surface area contributed by atoms with Crippen LogP contribution < -0.4 is 5.32 Å². The molecule has 1 N–H and O–H groups in total. The number of thiocarbonyl (C=S) groups is 1. The molecule has 0 amide bonds. The normalized spacial score (nSPS) is 10.6. The van der Waals surface area contributed by atoms with Gasteiger partial charge in [-0.3, -0.25) is 4.68 Å². The number of aromatic nitrogens is 2. The fourth-order valence-electron chi connectivity index (χ4n) is 2.01. The van der Waals surface area contributed by atoms with E-state index in [2.05, 4.69) is 17.3 Å². The van der Waals surface area contributed by atoms with E-state index in [1.807, 2.05) is 35.8 Å². The number of hydrogen-bond donors (Lipinski definition) is 1. The van der Waals surface area contributed by atoms with Crippen LogP contribution in [0.5, 0.6) is 0 Å². The fraction of sp³-hybridized carbons (Fsp3) is 0.333. The first-order valence-corrected chi connectivity index (χ1v) is 8.07. The Bertz CT molecular complexity index is 684. The number of nitrogens with zero attached hydrogens (tertiary/aromatic N) is 3. The summed E-state index contributed by atoms with van der Waals surface area (Å²) < 4.78 is 1.92. The van der Waals surface area contributed by atoms with Crippen molar-refractivity contribution >= 4 is 46.2 Å². The molecule has 7 heteroatoms. The van der Waals surface area contributed by atoms with Crippen molar-refractivity contribution in [2.45, 2.75) is 26.9 Å². The van der Waals surface area contributed by atoms with Crippen molar-refractivity contribution in [2.75, 3.05) is 12.4 Å². The van der Waals surface area contributed by atoms with Crippen LogP contribution in [0.15, 0.2) is 24.4 Å². The Morgan fingerprint density at radius 1 is 1.41 bits per heavy atom. The fourth-order valence-corrected chi connectivity index (χ4v) is 2.64. The Kier molecular flexibility index (Phi) is 5.67. The molecule has 22 heavy (non-hydrogen) atoms. The molecule has 4 nitrogen and oxygen atoms in total. The van der Waals surface area contributed by atoms with E-state index in [4.69, 9.17) is 35.4 Å². The van der Waals surface area contributed by atoms with Crippen LogP contribution in [0.1, 0.15) is 18.2 Å². The molecule has 0 unspecified atom stereocenters. The number of hydrogen-bond acceptors (Lipinski definition) is 2. The lowest BCUT2D eigenvalue weighted by atomic mass is 10.2. The molecule has 1 aromatic carbocycles. The molecule has 118 valence electrons. The second kappa shape index (κ2) is 7.31. The standard InChI is InChI=1S/C15H18Cl2N4S/c1-4-21-9-11(10(2)19-21)8-20(3)15(22)18-14-6-5-12(16)7-13(14)17/h5-7,9H,4,8H2,1-3H3,(H,18,22). The lowest BCUT2D eigenvalue weighted by Crippen LogP contribution is -2.30. The van der Waals surface area contributed by atoms with Gasteiger partial charge in [0.2, 0.25) is 0 Å². The molecule has 0 bridgehead atoms. The Labute approximate surface area is 146 Å². The van der Waals surface area contributed by atoms with E-state index in [0.717, 1.165) is 23.5 Å². The molecule has 0 aliphatic heterocycles. The molecule has 0 atom stereocenters. The van der Waals surface area contributed by atoms with Crippen LogP contribution in [0.2, 0.25) is 10.0 Å². The second-order valence-corrected chi connectivity index (χ2v) is 6.24. The summed E-state index contributed by atoms with van der Waals surface area (Å²) in [6, 6.07) is 5.27. The Morgan fingerprint density at radius 3 is 2.73 bits per heavy atom. The molecule has 2 aromatic rings. The third kappa shape index (κ3) is 4.12. The molecule has 2 rings (SSSR count). The summed E-state index contributed by atoms with van der Waals surface area (Å²) in [7, 11) is 1.93. The highest BCUT2D eigenvalue weighted by molar-refractivity contribution is 7.80. The van der Waals surface area contributed by atoms with E-state index in [0.29, 0.717) is 21.7 Å². The molecule has 0 fully saturated rings. The van der Waals surface area contributed by atoms with E-state index >= 15 is 0 Å². The zero-order chi connectivity index (χ0) is 16.3. The first kappa shape index (κ1) is 17.1. The summed E-state index contributed by atoms with van der Waals surface area (Å²) in [6.07, 6.45) is 2.05. The highest BCUT2D eigenvalue weighted by Crippen LogP contribution is 2.25. The van der Waals surface area contributed by atoms with Gasteiger partial charge in [0.05, 0.1) is 16.4 Å². The molecular formula is C15H18Cl2N4S. The third-order valence-electron chi connectivity index (χ3n) is 3.30. The number of benzene rings is 1. The lowest BCUT2D eigenvalue weighted by molar-refractivity contribution is 0.506. The van der Waals surface area contributed by atoms with Crippen LogP contribution in [0, 0.1) is 6.92 Å². The Morgan fingerprint density at radius 2 is 2.14 bits per heavy atom. The average Bonchev–Trinajstić information content (AvgIpc) is 2.82. The first-order valence-electron chi connectivity index (χ1n) is 6.90. The largest absolute Gasteiger partial charge is 0.348 e. The highest BCUT2D eigenvalue weighted by Gasteiger charge is 2.11. The Hall–Kier alpha value is -1.30. The van der Waals surface area contributed by atoms with Gasteiger partial charge in [-0.25, -0.2) is 0 Å². The topological polar surface area (TPSA) is 33.1 Å². The molecule has 0 saturated carbocycles. The van der Waals surface area contributed by atoms with E-state index in [9.17, 15) is 0 Å². The minimum atomic E-state index is 0.540. The number of aryl methyl sites for hydroxylation is 2. The van der Waals surface area contributed by atoms with E-state index < -0.39 is 0 Å². The molecule has 0 aliphatic rings. The van der Waals surface area contributed by atoms with Crippen molar-refractivity contribution in [2.24, 2.45) is 0 Å². The maximum Gasteiger partial charge on any atom is 0.173 e. The smallest absolute Gasteiger partial charge is 0.173 e. The van der Waals surface area contributed by atoms with Crippen LogP contribution in [0.4, 0.5) is 5.69 Å². The predicted octanol–water partition coefficient (Wildman–Crippen LogP) is 4.35. The lowest BCUT2D eigenvalue weighted by Gasteiger charge is -2.21. The predicted molar refractivity (Wildman–Crippen MR) is 96.8 cm³/mol. The van der Waals surface area contributed by atoms with Gasteiger partial charge in [-0.2, -0.15) is 5.10 Å². The molecule has 0 spiro atoms. The van der Waals surface area contributed by atoms with Crippen LogP contribution >= 0.6 is 35.4 Å². The minimum absolute atomic E-state index is 0.540. The maximum atomic E-state index is 6.15. The SMILES string of the molecule is CCn1cc(CN(C)C(=S)Nc2ccc(Cl)cc2Cl)c(C)n1. The second-order valence-electron chi connectivity index (χ2n) is 5.01. The molecule has 0 radical (unpaired) electrons. The van der Waals surface area contributed by atoms with Gasteiger partial charge in [-0.15, -0.1) is 0 Å². The summed E-state index contributed by atoms with van der Waals surface area (Å²) in [6.45, 7) is 5.60. The van der Waals surface area contributed by atoms with E-state index in [1.54, 1.807) is 12.1 Å². The monoisotopic (exact) mass is 356 g/mol. The van der Waals surface area contributed by atoms with Crippen LogP contribution in [0.3, 0.4) is 0 Å². The zero-order valence-corrected chi connectivity index (χ0v) is 15.1. The number of rotatable bonds is 4. The van der Waals surface area contributed by atoms with Gasteiger partial charge in [-0.05, 0) is 44.3 Å². The van der Waals surface area contributed by atoms with Gasteiger partial charge >= 0.3 is 0 Å². The van der Waals surface area contributed by atoms with Gasteiger partial charge < -0.3 is 10.2 Å². The van der Waals surface area contributed by atoms with Crippen molar-refractivity contribution in [1.29, 1.82) is 0 Å². The minimum Gasteiger partial charge on any atom is -0.348 e. The van der Waals surface area contributed by atoms with Gasteiger partial charge in [0.15, 0.2) is 5.11 Å². The summed E-state index contributed by atoms with van der Waals surface area (Å²) in [5.41, 5.74) is 2.90. The van der Waals surface area contributed by atoms with Gasteiger partial charge in [0, 0.05) is 36.9 Å². The molecule has 1 heterocycles. The third-order valence-corrected chi connectivity index (χ3v) is 4.26. The van der Waals surface area contributed by atoms with Crippen molar-refractivity contribution in [1.82, 2.24) is 14.7 Å². The number of nitrogens with one attached hydrogen (secondary N) is 1.